The highest BCUT2D eigenvalue weighted by Gasteiger charge is 2.21. The van der Waals surface area contributed by atoms with Gasteiger partial charge in [-0.15, -0.1) is 11.3 Å². The summed E-state index contributed by atoms with van der Waals surface area (Å²) in [5.41, 5.74) is 3.15. The van der Waals surface area contributed by atoms with E-state index in [0.29, 0.717) is 6.54 Å². The zero-order valence-corrected chi connectivity index (χ0v) is 13.8. The number of imidazole rings is 1. The van der Waals surface area contributed by atoms with Gasteiger partial charge in [-0.25, -0.2) is 4.98 Å². The molecule has 114 valence electrons. The zero-order chi connectivity index (χ0) is 15.7. The molecule has 4 nitrogen and oxygen atoms in total. The first-order chi connectivity index (χ1) is 10.6. The topological polar surface area (TPSA) is 38.1 Å². The van der Waals surface area contributed by atoms with Crippen molar-refractivity contribution in [1.29, 1.82) is 0 Å². The van der Waals surface area contributed by atoms with E-state index in [0.717, 1.165) is 11.0 Å². The Hall–Kier alpha value is -2.14. The second-order valence-electron chi connectivity index (χ2n) is 5.54. The Morgan fingerprint density at radius 3 is 2.86 bits per heavy atom. The highest BCUT2D eigenvalue weighted by atomic mass is 32.1. The maximum Gasteiger partial charge on any atom is 0.245 e. The predicted molar refractivity (Wildman–Crippen MR) is 90.0 cm³/mol. The fourth-order valence-electron chi connectivity index (χ4n) is 2.58. The van der Waals surface area contributed by atoms with Crippen LogP contribution in [0.4, 0.5) is 0 Å². The molecule has 0 N–H and O–H groups in total. The van der Waals surface area contributed by atoms with Crippen molar-refractivity contribution in [1.82, 2.24) is 14.5 Å². The third-order valence-electron chi connectivity index (χ3n) is 3.98. The van der Waals surface area contributed by atoms with Gasteiger partial charge in [0.05, 0.1) is 23.9 Å². The van der Waals surface area contributed by atoms with E-state index in [1.54, 1.807) is 22.6 Å². The fourth-order valence-corrected chi connectivity index (χ4v) is 3.54. The Morgan fingerprint density at radius 1 is 1.36 bits per heavy atom. The first-order valence-electron chi connectivity index (χ1n) is 7.27. The molecule has 1 unspecified atom stereocenters. The SMILES string of the molecule is Cc1ccsc1CN(C)C(=O)C(C)n1cnc2ccccc21. The van der Waals surface area contributed by atoms with Crippen LogP contribution in [0.5, 0.6) is 0 Å². The number of fused-ring (bicyclic) bond motifs is 1. The lowest BCUT2D eigenvalue weighted by Gasteiger charge is -2.22. The van der Waals surface area contributed by atoms with Crippen LogP contribution in [0.2, 0.25) is 0 Å². The number of aromatic nitrogens is 2. The number of aryl methyl sites for hydroxylation is 1. The molecule has 3 aromatic rings. The number of nitrogens with zero attached hydrogens (tertiary/aromatic N) is 3. The van der Waals surface area contributed by atoms with Crippen LogP contribution in [0.25, 0.3) is 11.0 Å². The van der Waals surface area contributed by atoms with Gasteiger partial charge in [-0.2, -0.15) is 0 Å². The van der Waals surface area contributed by atoms with Crippen molar-refractivity contribution in [2.24, 2.45) is 0 Å². The highest BCUT2D eigenvalue weighted by molar-refractivity contribution is 7.10. The van der Waals surface area contributed by atoms with Gasteiger partial charge in [0.15, 0.2) is 0 Å². The van der Waals surface area contributed by atoms with Gasteiger partial charge in [-0.05, 0) is 43.0 Å². The molecular weight excluding hydrogens is 294 g/mol. The molecule has 5 heteroatoms. The summed E-state index contributed by atoms with van der Waals surface area (Å²) in [6.45, 7) is 4.66. The second kappa shape index (κ2) is 5.93. The predicted octanol–water partition coefficient (Wildman–Crippen LogP) is 3.63. The number of para-hydroxylation sites is 2. The van der Waals surface area contributed by atoms with Gasteiger partial charge >= 0.3 is 0 Å². The van der Waals surface area contributed by atoms with Crippen molar-refractivity contribution >= 4 is 28.3 Å². The maximum atomic E-state index is 12.7. The van der Waals surface area contributed by atoms with Gasteiger partial charge in [-0.1, -0.05) is 12.1 Å². The third kappa shape index (κ3) is 2.64. The zero-order valence-electron chi connectivity index (χ0n) is 13.0. The van der Waals surface area contributed by atoms with Crippen molar-refractivity contribution < 1.29 is 4.79 Å². The Bertz CT molecular complexity index is 805. The third-order valence-corrected chi connectivity index (χ3v) is 4.99. The van der Waals surface area contributed by atoms with Crippen LogP contribution in [0.1, 0.15) is 23.4 Å². The molecule has 0 spiro atoms. The number of likely N-dealkylation sites (N-methyl/N-ethyl adjacent to an activating group) is 1. The van der Waals surface area contributed by atoms with Crippen LogP contribution < -0.4 is 0 Å². The van der Waals surface area contributed by atoms with E-state index >= 15 is 0 Å². The monoisotopic (exact) mass is 313 g/mol. The number of amides is 1. The van der Waals surface area contributed by atoms with Gasteiger partial charge in [0.25, 0.3) is 0 Å². The molecule has 3 rings (SSSR count). The van der Waals surface area contributed by atoms with E-state index < -0.39 is 0 Å². The molecule has 1 amide bonds. The number of hydrogen-bond donors (Lipinski definition) is 0. The van der Waals surface area contributed by atoms with E-state index in [2.05, 4.69) is 23.4 Å². The molecule has 0 aliphatic carbocycles. The van der Waals surface area contributed by atoms with E-state index in [9.17, 15) is 4.79 Å². The van der Waals surface area contributed by atoms with Crippen LogP contribution in [-0.4, -0.2) is 27.4 Å². The average Bonchev–Trinajstić information content (AvgIpc) is 3.12. The molecule has 22 heavy (non-hydrogen) atoms. The minimum atomic E-state index is -0.266. The van der Waals surface area contributed by atoms with Gasteiger partial charge in [-0.3, -0.25) is 4.79 Å². The Kier molecular flexibility index (Phi) is 3.98. The molecule has 0 fully saturated rings. The molecule has 2 aromatic heterocycles. The van der Waals surface area contributed by atoms with E-state index in [1.807, 2.05) is 42.8 Å². The molecule has 0 saturated carbocycles. The second-order valence-corrected chi connectivity index (χ2v) is 6.54. The summed E-state index contributed by atoms with van der Waals surface area (Å²) >= 11 is 1.69. The Balaban J connectivity index is 1.80. The molecule has 0 radical (unpaired) electrons. The summed E-state index contributed by atoms with van der Waals surface area (Å²) in [6.07, 6.45) is 1.75. The molecule has 0 aliphatic heterocycles. The summed E-state index contributed by atoms with van der Waals surface area (Å²) in [5.74, 6) is 0.0935. The van der Waals surface area contributed by atoms with Crippen molar-refractivity contribution in [3.8, 4) is 0 Å². The average molecular weight is 313 g/mol. The quantitative estimate of drug-likeness (QED) is 0.738. The fraction of sp³-hybridized carbons (Fsp3) is 0.294. The molecule has 0 aliphatic rings. The normalized spacial score (nSPS) is 12.5. The maximum absolute atomic E-state index is 12.7. The summed E-state index contributed by atoms with van der Waals surface area (Å²) in [4.78, 5) is 20.1. The number of hydrogen-bond acceptors (Lipinski definition) is 3. The smallest absolute Gasteiger partial charge is 0.245 e. The van der Waals surface area contributed by atoms with E-state index in [4.69, 9.17) is 0 Å². The lowest BCUT2D eigenvalue weighted by Crippen LogP contribution is -2.32. The van der Waals surface area contributed by atoms with E-state index in [1.165, 1.54) is 10.4 Å². The van der Waals surface area contributed by atoms with Gasteiger partial charge in [0.2, 0.25) is 5.91 Å². The molecule has 1 aromatic carbocycles. The number of benzene rings is 1. The summed E-state index contributed by atoms with van der Waals surface area (Å²) in [5, 5.41) is 2.07. The van der Waals surface area contributed by atoms with Crippen LogP contribution in [0.3, 0.4) is 0 Å². The molecule has 2 heterocycles. The van der Waals surface area contributed by atoms with Gasteiger partial charge in [0.1, 0.15) is 6.04 Å². The van der Waals surface area contributed by atoms with Crippen LogP contribution in [-0.2, 0) is 11.3 Å². The van der Waals surface area contributed by atoms with Crippen molar-refractivity contribution in [2.75, 3.05) is 7.05 Å². The highest BCUT2D eigenvalue weighted by Crippen LogP contribution is 2.21. The largest absolute Gasteiger partial charge is 0.339 e. The first kappa shape index (κ1) is 14.8. The summed E-state index contributed by atoms with van der Waals surface area (Å²) in [7, 11) is 1.86. The Morgan fingerprint density at radius 2 is 2.14 bits per heavy atom. The lowest BCUT2D eigenvalue weighted by atomic mass is 10.2. The van der Waals surface area contributed by atoms with Crippen LogP contribution in [0, 0.1) is 6.92 Å². The van der Waals surface area contributed by atoms with Crippen molar-refractivity contribution in [2.45, 2.75) is 26.4 Å². The number of carbonyl (C=O) groups excluding carboxylic acids is 1. The molecule has 0 bridgehead atoms. The summed E-state index contributed by atoms with van der Waals surface area (Å²) in [6, 6.07) is 9.70. The lowest BCUT2D eigenvalue weighted by molar-refractivity contribution is -0.133. The van der Waals surface area contributed by atoms with Gasteiger partial charge < -0.3 is 9.47 Å². The van der Waals surface area contributed by atoms with Crippen LogP contribution >= 0.6 is 11.3 Å². The standard InChI is InChI=1S/C17H19N3OS/c1-12-8-9-22-16(12)10-19(3)17(21)13(2)20-11-18-14-6-4-5-7-15(14)20/h4-9,11,13H,10H2,1-3H3. The minimum Gasteiger partial charge on any atom is -0.339 e. The van der Waals surface area contributed by atoms with Crippen molar-refractivity contribution in [3.05, 3.63) is 52.5 Å². The summed E-state index contributed by atoms with van der Waals surface area (Å²) < 4.78 is 1.94. The minimum absolute atomic E-state index is 0.0935. The van der Waals surface area contributed by atoms with Crippen LogP contribution in [0.15, 0.2) is 42.0 Å². The molecular formula is C17H19N3OS. The number of rotatable bonds is 4. The number of thiophene rings is 1. The molecule has 0 saturated heterocycles. The van der Waals surface area contributed by atoms with E-state index in [-0.39, 0.29) is 11.9 Å². The number of carbonyl (C=O) groups is 1. The van der Waals surface area contributed by atoms with Crippen molar-refractivity contribution in [3.63, 3.8) is 0 Å². The first-order valence-corrected chi connectivity index (χ1v) is 8.15. The molecule has 1 atom stereocenters. The van der Waals surface area contributed by atoms with Gasteiger partial charge in [0, 0.05) is 11.9 Å². The Labute approximate surface area is 134 Å².